The van der Waals surface area contributed by atoms with Crippen LogP contribution < -0.4 is 10.1 Å². The Balaban J connectivity index is 1.92. The number of amides is 1. The van der Waals surface area contributed by atoms with Crippen LogP contribution in [0.2, 0.25) is 0 Å². The Kier molecular flexibility index (Phi) is 7.31. The van der Waals surface area contributed by atoms with Crippen molar-refractivity contribution < 1.29 is 27.9 Å². The molecule has 180 valence electrons. The lowest BCUT2D eigenvalue weighted by molar-refractivity contribution is -0.140. The van der Waals surface area contributed by atoms with Gasteiger partial charge in [0.05, 0.1) is 10.5 Å². The summed E-state index contributed by atoms with van der Waals surface area (Å²) in [6, 6.07) is 16.1. The van der Waals surface area contributed by atoms with Gasteiger partial charge in [-0.05, 0) is 41.0 Å². The van der Waals surface area contributed by atoms with Gasteiger partial charge < -0.3 is 15.2 Å². The van der Waals surface area contributed by atoms with E-state index in [1.165, 1.54) is 12.1 Å². The fourth-order valence-corrected chi connectivity index (χ4v) is 4.24. The number of fused-ring (bicyclic) bond motifs is 1. The SMILES string of the molecule is CC(C)(C)CC(NC(=O)c1ccc2ccccc2c1OCc1ccc(S(C)(=O)=O)cc1)C(=O)O. The van der Waals surface area contributed by atoms with E-state index in [-0.39, 0.29) is 28.9 Å². The second-order valence-corrected chi connectivity index (χ2v) is 11.5. The first-order valence-corrected chi connectivity index (χ1v) is 12.7. The van der Waals surface area contributed by atoms with Gasteiger partial charge in [0.15, 0.2) is 9.84 Å². The summed E-state index contributed by atoms with van der Waals surface area (Å²) in [6.45, 7) is 5.83. The minimum atomic E-state index is -3.31. The van der Waals surface area contributed by atoms with Gasteiger partial charge in [0.25, 0.3) is 5.91 Å². The van der Waals surface area contributed by atoms with Gasteiger partial charge in [-0.1, -0.05) is 63.2 Å². The molecule has 0 fully saturated rings. The molecule has 0 spiro atoms. The van der Waals surface area contributed by atoms with Crippen LogP contribution in [0.5, 0.6) is 5.75 Å². The first-order valence-electron chi connectivity index (χ1n) is 10.8. The Bertz CT molecular complexity index is 1310. The molecule has 0 heterocycles. The maximum atomic E-state index is 13.2. The van der Waals surface area contributed by atoms with E-state index in [0.717, 1.165) is 17.2 Å². The summed E-state index contributed by atoms with van der Waals surface area (Å²) in [5.74, 6) is -1.30. The van der Waals surface area contributed by atoms with Crippen LogP contribution in [0.1, 0.15) is 43.1 Å². The van der Waals surface area contributed by atoms with Gasteiger partial charge in [0.2, 0.25) is 0 Å². The summed E-state index contributed by atoms with van der Waals surface area (Å²) >= 11 is 0. The molecule has 0 aliphatic rings. The van der Waals surface area contributed by atoms with E-state index < -0.39 is 27.8 Å². The quantitative estimate of drug-likeness (QED) is 0.490. The van der Waals surface area contributed by atoms with Gasteiger partial charge in [-0.2, -0.15) is 0 Å². The van der Waals surface area contributed by atoms with Crippen molar-refractivity contribution in [2.75, 3.05) is 6.26 Å². The standard InChI is InChI=1S/C26H29NO6S/c1-26(2,3)15-22(25(29)30)27-24(28)21-14-11-18-7-5-6-8-20(18)23(21)33-16-17-9-12-19(13-10-17)34(4,31)32/h5-14,22H,15-16H2,1-4H3,(H,27,28)(H,29,30). The van der Waals surface area contributed by atoms with Gasteiger partial charge in [0, 0.05) is 11.6 Å². The molecule has 3 aromatic carbocycles. The van der Waals surface area contributed by atoms with Crippen molar-refractivity contribution in [2.24, 2.45) is 5.41 Å². The summed E-state index contributed by atoms with van der Waals surface area (Å²) < 4.78 is 29.5. The molecular weight excluding hydrogens is 454 g/mol. The van der Waals surface area contributed by atoms with E-state index in [1.807, 2.05) is 45.0 Å². The van der Waals surface area contributed by atoms with Crippen molar-refractivity contribution >= 4 is 32.5 Å². The summed E-state index contributed by atoms with van der Waals surface area (Å²) in [5.41, 5.74) is 0.659. The van der Waals surface area contributed by atoms with Crippen molar-refractivity contribution in [1.29, 1.82) is 0 Å². The van der Waals surface area contributed by atoms with Crippen LogP contribution in [-0.2, 0) is 21.2 Å². The number of carbonyl (C=O) groups excluding carboxylic acids is 1. The smallest absolute Gasteiger partial charge is 0.326 e. The lowest BCUT2D eigenvalue weighted by Crippen LogP contribution is -2.43. The highest BCUT2D eigenvalue weighted by Crippen LogP contribution is 2.31. The van der Waals surface area contributed by atoms with E-state index in [9.17, 15) is 23.1 Å². The largest absolute Gasteiger partial charge is 0.487 e. The number of aliphatic carboxylic acids is 1. The van der Waals surface area contributed by atoms with Gasteiger partial charge >= 0.3 is 5.97 Å². The second-order valence-electron chi connectivity index (χ2n) is 9.50. The third-order valence-corrected chi connectivity index (χ3v) is 6.41. The summed E-state index contributed by atoms with van der Waals surface area (Å²) in [4.78, 5) is 25.1. The number of sulfone groups is 1. The molecule has 0 aliphatic carbocycles. The lowest BCUT2D eigenvalue weighted by Gasteiger charge is -2.24. The molecule has 0 saturated heterocycles. The number of carbonyl (C=O) groups is 2. The van der Waals surface area contributed by atoms with Crippen molar-refractivity contribution in [3.63, 3.8) is 0 Å². The van der Waals surface area contributed by atoms with Crippen LogP contribution in [0.4, 0.5) is 0 Å². The number of benzene rings is 3. The van der Waals surface area contributed by atoms with Crippen LogP contribution >= 0.6 is 0 Å². The van der Waals surface area contributed by atoms with E-state index >= 15 is 0 Å². The van der Waals surface area contributed by atoms with E-state index in [2.05, 4.69) is 5.32 Å². The monoisotopic (exact) mass is 483 g/mol. The molecule has 1 unspecified atom stereocenters. The first kappa shape index (κ1) is 25.2. The van der Waals surface area contributed by atoms with Crippen LogP contribution in [0, 0.1) is 5.41 Å². The summed E-state index contributed by atoms with van der Waals surface area (Å²) in [6.07, 6.45) is 1.41. The molecule has 0 saturated carbocycles. The fourth-order valence-electron chi connectivity index (χ4n) is 3.61. The Hall–Kier alpha value is -3.39. The third kappa shape index (κ3) is 6.35. The Labute approximate surface area is 199 Å². The summed E-state index contributed by atoms with van der Waals surface area (Å²) in [5, 5.41) is 13.8. The van der Waals surface area contributed by atoms with Crippen molar-refractivity contribution in [1.82, 2.24) is 5.32 Å². The van der Waals surface area contributed by atoms with E-state index in [1.54, 1.807) is 24.3 Å². The highest BCUT2D eigenvalue weighted by molar-refractivity contribution is 7.90. The van der Waals surface area contributed by atoms with E-state index in [4.69, 9.17) is 4.74 Å². The molecule has 0 bridgehead atoms. The van der Waals surface area contributed by atoms with Crippen LogP contribution in [0.15, 0.2) is 65.6 Å². The Morgan fingerprint density at radius 2 is 1.65 bits per heavy atom. The molecule has 2 N–H and O–H groups in total. The maximum absolute atomic E-state index is 13.2. The van der Waals surface area contributed by atoms with E-state index in [0.29, 0.717) is 11.1 Å². The van der Waals surface area contributed by atoms with Gasteiger partial charge in [-0.15, -0.1) is 0 Å². The lowest BCUT2D eigenvalue weighted by atomic mass is 9.88. The first-order chi connectivity index (χ1) is 15.8. The number of ether oxygens (including phenoxy) is 1. The predicted octanol–water partition coefficient (Wildman–Crippen LogP) is 4.44. The van der Waals surface area contributed by atoms with Crippen LogP contribution in [0.25, 0.3) is 10.8 Å². The van der Waals surface area contributed by atoms with Crippen molar-refractivity contribution in [2.45, 2.75) is 44.7 Å². The molecule has 0 radical (unpaired) electrons. The molecular formula is C26H29NO6S. The number of rotatable bonds is 8. The predicted molar refractivity (Wildman–Crippen MR) is 131 cm³/mol. The zero-order chi connectivity index (χ0) is 25.1. The zero-order valence-electron chi connectivity index (χ0n) is 19.7. The molecule has 3 rings (SSSR count). The fraction of sp³-hybridized carbons (Fsp3) is 0.308. The number of carboxylic acids is 1. The highest BCUT2D eigenvalue weighted by Gasteiger charge is 2.28. The molecule has 0 aromatic heterocycles. The Morgan fingerprint density at radius 1 is 1.00 bits per heavy atom. The van der Waals surface area contributed by atoms with Crippen molar-refractivity contribution in [3.05, 3.63) is 71.8 Å². The second kappa shape index (κ2) is 9.85. The number of hydrogen-bond donors (Lipinski definition) is 2. The third-order valence-electron chi connectivity index (χ3n) is 5.28. The minimum Gasteiger partial charge on any atom is -0.487 e. The van der Waals surface area contributed by atoms with Gasteiger partial charge in [0.1, 0.15) is 18.4 Å². The van der Waals surface area contributed by atoms with Crippen molar-refractivity contribution in [3.8, 4) is 5.75 Å². The number of nitrogens with one attached hydrogen (secondary N) is 1. The van der Waals surface area contributed by atoms with Crippen LogP contribution in [-0.4, -0.2) is 37.7 Å². The molecule has 8 heteroatoms. The van der Waals surface area contributed by atoms with Gasteiger partial charge in [-0.3, -0.25) is 4.79 Å². The molecule has 1 atom stereocenters. The Morgan fingerprint density at radius 3 is 2.24 bits per heavy atom. The van der Waals surface area contributed by atoms with Crippen LogP contribution in [0.3, 0.4) is 0 Å². The minimum absolute atomic E-state index is 0.0999. The molecule has 34 heavy (non-hydrogen) atoms. The molecule has 0 aliphatic heterocycles. The summed E-state index contributed by atoms with van der Waals surface area (Å²) in [7, 11) is -3.31. The topological polar surface area (TPSA) is 110 Å². The zero-order valence-corrected chi connectivity index (χ0v) is 20.5. The molecule has 1 amide bonds. The molecule has 3 aromatic rings. The normalized spacial score (nSPS) is 12.8. The number of carboxylic acid groups (broad SMARTS) is 1. The average molecular weight is 484 g/mol. The molecule has 7 nitrogen and oxygen atoms in total. The van der Waals surface area contributed by atoms with Gasteiger partial charge in [-0.25, -0.2) is 13.2 Å². The highest BCUT2D eigenvalue weighted by atomic mass is 32.2. The maximum Gasteiger partial charge on any atom is 0.326 e. The number of hydrogen-bond acceptors (Lipinski definition) is 5. The average Bonchev–Trinajstić information content (AvgIpc) is 2.75.